The van der Waals surface area contributed by atoms with E-state index >= 15 is 0 Å². The molecule has 0 aromatic heterocycles. The first kappa shape index (κ1) is 14.0. The molecule has 1 atom stereocenters. The summed E-state index contributed by atoms with van der Waals surface area (Å²) in [5.74, 6) is 6.51. The zero-order chi connectivity index (χ0) is 12.8. The van der Waals surface area contributed by atoms with E-state index in [4.69, 9.17) is 10.6 Å². The van der Waals surface area contributed by atoms with Gasteiger partial charge in [0, 0.05) is 12.6 Å². The molecule has 0 aliphatic rings. The highest BCUT2D eigenvalue weighted by molar-refractivity contribution is 5.37. The molecule has 0 fully saturated rings. The van der Waals surface area contributed by atoms with Crippen molar-refractivity contribution in [3.05, 3.63) is 29.3 Å². The Kier molecular flexibility index (Phi) is 5.41. The summed E-state index contributed by atoms with van der Waals surface area (Å²) >= 11 is 0. The predicted octanol–water partition coefficient (Wildman–Crippen LogP) is 0.940. The number of benzene rings is 1. The minimum Gasteiger partial charge on any atom is -0.496 e. The molecule has 0 bridgehead atoms. The van der Waals surface area contributed by atoms with Crippen molar-refractivity contribution < 1.29 is 4.74 Å². The minimum absolute atomic E-state index is 0.223. The van der Waals surface area contributed by atoms with Crippen LogP contribution in [0.5, 0.6) is 5.75 Å². The molecule has 1 aromatic carbocycles. The van der Waals surface area contributed by atoms with Gasteiger partial charge in [-0.25, -0.2) is 0 Å². The maximum Gasteiger partial charge on any atom is 0.122 e. The van der Waals surface area contributed by atoms with E-state index in [1.54, 1.807) is 7.11 Å². The summed E-state index contributed by atoms with van der Waals surface area (Å²) < 4.78 is 5.37. The molecule has 4 nitrogen and oxygen atoms in total. The van der Waals surface area contributed by atoms with E-state index in [1.165, 1.54) is 11.1 Å². The normalized spacial score (nSPS) is 12.8. The third-order valence-corrected chi connectivity index (χ3v) is 2.72. The van der Waals surface area contributed by atoms with Gasteiger partial charge in [0.15, 0.2) is 0 Å². The standard InChI is InChI=1S/C13H23N3O/c1-10-5-6-13(17-4)11(7-10)8-12(15-14)9-16(2)3/h5-7,12,15H,8-9,14H2,1-4H3. The first-order valence-corrected chi connectivity index (χ1v) is 5.81. The summed E-state index contributed by atoms with van der Waals surface area (Å²) in [4.78, 5) is 2.12. The number of hydrogen-bond donors (Lipinski definition) is 2. The van der Waals surface area contributed by atoms with E-state index in [9.17, 15) is 0 Å². The lowest BCUT2D eigenvalue weighted by atomic mass is 10.0. The van der Waals surface area contributed by atoms with Gasteiger partial charge in [-0.05, 0) is 39.1 Å². The SMILES string of the molecule is COc1ccc(C)cc1CC(CN(C)C)NN. The van der Waals surface area contributed by atoms with Crippen LogP contribution in [-0.2, 0) is 6.42 Å². The molecule has 0 radical (unpaired) electrons. The number of rotatable bonds is 6. The van der Waals surface area contributed by atoms with Gasteiger partial charge >= 0.3 is 0 Å². The van der Waals surface area contributed by atoms with Crippen LogP contribution in [0, 0.1) is 6.92 Å². The Morgan fingerprint density at radius 2 is 2.12 bits per heavy atom. The largest absolute Gasteiger partial charge is 0.496 e. The molecule has 1 unspecified atom stereocenters. The van der Waals surface area contributed by atoms with Crippen LogP contribution in [0.25, 0.3) is 0 Å². The number of hydrogen-bond acceptors (Lipinski definition) is 4. The van der Waals surface area contributed by atoms with Crippen molar-refractivity contribution in [2.75, 3.05) is 27.7 Å². The van der Waals surface area contributed by atoms with Crippen LogP contribution in [0.15, 0.2) is 18.2 Å². The van der Waals surface area contributed by atoms with Crippen molar-refractivity contribution >= 4 is 0 Å². The van der Waals surface area contributed by atoms with Crippen molar-refractivity contribution in [3.8, 4) is 5.75 Å². The maximum absolute atomic E-state index is 5.58. The van der Waals surface area contributed by atoms with Gasteiger partial charge in [0.05, 0.1) is 7.11 Å². The molecule has 0 heterocycles. The van der Waals surface area contributed by atoms with Gasteiger partial charge in [-0.1, -0.05) is 17.7 Å². The Bertz CT molecular complexity index is 353. The lowest BCUT2D eigenvalue weighted by molar-refractivity contribution is 0.334. The summed E-state index contributed by atoms with van der Waals surface area (Å²) in [5.41, 5.74) is 5.28. The van der Waals surface area contributed by atoms with E-state index in [-0.39, 0.29) is 6.04 Å². The Labute approximate surface area is 104 Å². The second kappa shape index (κ2) is 6.59. The van der Waals surface area contributed by atoms with Crippen LogP contribution in [0.2, 0.25) is 0 Å². The van der Waals surface area contributed by atoms with E-state index < -0.39 is 0 Å². The molecule has 17 heavy (non-hydrogen) atoms. The van der Waals surface area contributed by atoms with Gasteiger partial charge in [0.2, 0.25) is 0 Å². The number of aryl methyl sites for hydroxylation is 1. The molecule has 0 aliphatic heterocycles. The average molecular weight is 237 g/mol. The van der Waals surface area contributed by atoms with Crippen molar-refractivity contribution in [1.29, 1.82) is 0 Å². The van der Waals surface area contributed by atoms with Crippen molar-refractivity contribution in [1.82, 2.24) is 10.3 Å². The van der Waals surface area contributed by atoms with Crippen LogP contribution in [0.4, 0.5) is 0 Å². The lowest BCUT2D eigenvalue weighted by Gasteiger charge is -2.21. The number of hydrazine groups is 1. The molecule has 0 saturated carbocycles. The predicted molar refractivity (Wildman–Crippen MR) is 71.1 cm³/mol. The van der Waals surface area contributed by atoms with E-state index in [1.807, 2.05) is 20.2 Å². The van der Waals surface area contributed by atoms with Crippen LogP contribution in [0.1, 0.15) is 11.1 Å². The number of likely N-dealkylation sites (N-methyl/N-ethyl adjacent to an activating group) is 1. The van der Waals surface area contributed by atoms with Crippen LogP contribution >= 0.6 is 0 Å². The molecule has 0 spiro atoms. The fourth-order valence-corrected chi connectivity index (χ4v) is 1.95. The van der Waals surface area contributed by atoms with Gasteiger partial charge in [-0.2, -0.15) is 0 Å². The fourth-order valence-electron chi connectivity index (χ4n) is 1.95. The highest BCUT2D eigenvalue weighted by Crippen LogP contribution is 2.21. The van der Waals surface area contributed by atoms with Gasteiger partial charge in [-0.3, -0.25) is 11.3 Å². The van der Waals surface area contributed by atoms with Crippen LogP contribution in [0.3, 0.4) is 0 Å². The second-order valence-electron chi connectivity index (χ2n) is 4.65. The molecular formula is C13H23N3O. The fraction of sp³-hybridized carbons (Fsp3) is 0.538. The van der Waals surface area contributed by atoms with E-state index in [2.05, 4.69) is 29.4 Å². The first-order chi connectivity index (χ1) is 8.06. The highest BCUT2D eigenvalue weighted by atomic mass is 16.5. The molecule has 96 valence electrons. The molecular weight excluding hydrogens is 214 g/mol. The molecule has 0 saturated heterocycles. The molecule has 1 rings (SSSR count). The lowest BCUT2D eigenvalue weighted by Crippen LogP contribution is -2.43. The number of nitrogens with zero attached hydrogens (tertiary/aromatic N) is 1. The van der Waals surface area contributed by atoms with E-state index in [0.717, 1.165) is 18.7 Å². The van der Waals surface area contributed by atoms with Gasteiger partial charge in [-0.15, -0.1) is 0 Å². The van der Waals surface area contributed by atoms with Gasteiger partial charge < -0.3 is 9.64 Å². The molecule has 3 N–H and O–H groups in total. The summed E-state index contributed by atoms with van der Waals surface area (Å²) in [6.45, 7) is 2.98. The zero-order valence-corrected chi connectivity index (χ0v) is 11.2. The number of ether oxygens (including phenoxy) is 1. The third kappa shape index (κ3) is 4.34. The number of nitrogens with two attached hydrogens (primary N) is 1. The second-order valence-corrected chi connectivity index (χ2v) is 4.65. The Morgan fingerprint density at radius 3 is 2.65 bits per heavy atom. The minimum atomic E-state index is 0.223. The summed E-state index contributed by atoms with van der Waals surface area (Å²) in [6, 6.07) is 6.44. The monoisotopic (exact) mass is 237 g/mol. The smallest absolute Gasteiger partial charge is 0.122 e. The highest BCUT2D eigenvalue weighted by Gasteiger charge is 2.12. The van der Waals surface area contributed by atoms with Crippen LogP contribution < -0.4 is 16.0 Å². The molecule has 1 aromatic rings. The number of nitrogens with one attached hydrogen (secondary N) is 1. The Hall–Kier alpha value is -1.10. The Morgan fingerprint density at radius 1 is 1.41 bits per heavy atom. The third-order valence-electron chi connectivity index (χ3n) is 2.72. The van der Waals surface area contributed by atoms with Gasteiger partial charge in [0.1, 0.15) is 5.75 Å². The summed E-state index contributed by atoms with van der Waals surface area (Å²) in [7, 11) is 5.78. The summed E-state index contributed by atoms with van der Waals surface area (Å²) in [6.07, 6.45) is 0.861. The van der Waals surface area contributed by atoms with E-state index in [0.29, 0.717) is 0 Å². The van der Waals surface area contributed by atoms with Crippen LogP contribution in [-0.4, -0.2) is 38.7 Å². The van der Waals surface area contributed by atoms with Crippen molar-refractivity contribution in [2.45, 2.75) is 19.4 Å². The summed E-state index contributed by atoms with van der Waals surface area (Å²) in [5, 5.41) is 0. The maximum atomic E-state index is 5.58. The topological polar surface area (TPSA) is 50.5 Å². The first-order valence-electron chi connectivity index (χ1n) is 5.81. The average Bonchev–Trinajstić information content (AvgIpc) is 2.28. The molecule has 0 aliphatic carbocycles. The zero-order valence-electron chi connectivity index (χ0n) is 11.2. The molecule has 4 heteroatoms. The van der Waals surface area contributed by atoms with Gasteiger partial charge in [0.25, 0.3) is 0 Å². The molecule has 0 amide bonds. The van der Waals surface area contributed by atoms with Crippen molar-refractivity contribution in [3.63, 3.8) is 0 Å². The quantitative estimate of drug-likeness (QED) is 0.571. The van der Waals surface area contributed by atoms with Crippen molar-refractivity contribution in [2.24, 2.45) is 5.84 Å². The number of methoxy groups -OCH3 is 1. The Balaban J connectivity index is 2.80.